The summed E-state index contributed by atoms with van der Waals surface area (Å²) in [6, 6.07) is 19.7. The summed E-state index contributed by atoms with van der Waals surface area (Å²) in [5.74, 6) is -0.850. The lowest BCUT2D eigenvalue weighted by atomic mass is 9.77. The second kappa shape index (κ2) is 15.1. The van der Waals surface area contributed by atoms with Crippen molar-refractivity contribution in [2.24, 2.45) is 11.7 Å². The van der Waals surface area contributed by atoms with E-state index in [2.05, 4.69) is 0 Å². The van der Waals surface area contributed by atoms with Crippen LogP contribution < -0.4 is 24.7 Å². The minimum Gasteiger partial charge on any atom is -0.493 e. The molecule has 3 rings (SSSR count). The number of benzene rings is 3. The number of methoxy groups -OCH3 is 4. The molecular weight excluding hydrogens is 522 g/mol. The molecule has 0 saturated carbocycles. The van der Waals surface area contributed by atoms with E-state index in [1.54, 1.807) is 62.8 Å². The van der Waals surface area contributed by atoms with Gasteiger partial charge in [-0.25, -0.2) is 0 Å². The molecule has 8 heteroatoms. The third-order valence-corrected chi connectivity index (χ3v) is 6.64. The van der Waals surface area contributed by atoms with Crippen LogP contribution in [-0.2, 0) is 14.4 Å². The number of hydrogen-bond acceptors (Lipinski definition) is 7. The molecule has 0 saturated heterocycles. The molecule has 41 heavy (non-hydrogen) atoms. The van der Waals surface area contributed by atoms with E-state index in [0.717, 1.165) is 5.56 Å². The Kier molecular flexibility index (Phi) is 11.3. The predicted molar refractivity (Wildman–Crippen MR) is 158 cm³/mol. The van der Waals surface area contributed by atoms with Crippen LogP contribution in [0.4, 0.5) is 0 Å². The van der Waals surface area contributed by atoms with Gasteiger partial charge in [0.2, 0.25) is 5.91 Å². The quantitative estimate of drug-likeness (QED) is 0.200. The molecular formula is C33H35NO7. The summed E-state index contributed by atoms with van der Waals surface area (Å²) in [6.07, 6.45) is 6.27. The van der Waals surface area contributed by atoms with Gasteiger partial charge in [-0.1, -0.05) is 54.6 Å². The Morgan fingerprint density at radius 1 is 0.683 bits per heavy atom. The van der Waals surface area contributed by atoms with E-state index < -0.39 is 29.3 Å². The van der Waals surface area contributed by atoms with Crippen molar-refractivity contribution < 1.29 is 33.3 Å². The first-order valence-corrected chi connectivity index (χ1v) is 13.0. The molecule has 1 amide bonds. The number of amides is 1. The summed E-state index contributed by atoms with van der Waals surface area (Å²) in [5, 5.41) is 0. The molecule has 3 aromatic carbocycles. The maximum absolute atomic E-state index is 13.7. The lowest BCUT2D eigenvalue weighted by Crippen LogP contribution is -2.29. The maximum Gasteiger partial charge on any atom is 0.217 e. The Morgan fingerprint density at radius 3 is 1.56 bits per heavy atom. The van der Waals surface area contributed by atoms with E-state index in [4.69, 9.17) is 24.7 Å². The van der Waals surface area contributed by atoms with Gasteiger partial charge in [0, 0.05) is 12.3 Å². The number of nitrogens with two attached hydrogens (primary N) is 1. The summed E-state index contributed by atoms with van der Waals surface area (Å²) in [6.45, 7) is 0. The van der Waals surface area contributed by atoms with E-state index >= 15 is 0 Å². The molecule has 2 N–H and O–H groups in total. The zero-order chi connectivity index (χ0) is 29.8. The molecule has 1 unspecified atom stereocenters. The largest absolute Gasteiger partial charge is 0.493 e. The number of ketones is 2. The van der Waals surface area contributed by atoms with Crippen molar-refractivity contribution in [1.29, 1.82) is 0 Å². The number of carbonyl (C=O) groups is 3. The average molecular weight is 558 g/mol. The van der Waals surface area contributed by atoms with Crippen molar-refractivity contribution in [2.45, 2.75) is 18.8 Å². The van der Waals surface area contributed by atoms with Gasteiger partial charge in [0.25, 0.3) is 0 Å². The van der Waals surface area contributed by atoms with E-state index in [9.17, 15) is 14.4 Å². The molecule has 1 atom stereocenters. The van der Waals surface area contributed by atoms with Gasteiger partial charge >= 0.3 is 0 Å². The lowest BCUT2D eigenvalue weighted by molar-refractivity contribution is -0.129. The van der Waals surface area contributed by atoms with Gasteiger partial charge in [-0.05, 0) is 59.5 Å². The molecule has 8 nitrogen and oxygen atoms in total. The van der Waals surface area contributed by atoms with Gasteiger partial charge in [-0.15, -0.1) is 0 Å². The lowest BCUT2D eigenvalue weighted by Gasteiger charge is -2.24. The normalized spacial score (nSPS) is 12.6. The molecule has 0 bridgehead atoms. The number of carbonyl (C=O) groups excluding carboxylic acids is 3. The van der Waals surface area contributed by atoms with Gasteiger partial charge in [0.1, 0.15) is 0 Å². The van der Waals surface area contributed by atoms with Crippen LogP contribution in [0.3, 0.4) is 0 Å². The minimum atomic E-state index is -1.09. The Hall–Kier alpha value is -4.85. The number of allylic oxidation sites excluding steroid dienone is 2. The number of ether oxygens (including phenoxy) is 4. The minimum absolute atomic E-state index is 0.0232. The number of rotatable bonds is 15. The molecule has 0 aliphatic carbocycles. The van der Waals surface area contributed by atoms with E-state index in [-0.39, 0.29) is 12.8 Å². The maximum atomic E-state index is 13.7. The number of hydrogen-bond donors (Lipinski definition) is 1. The summed E-state index contributed by atoms with van der Waals surface area (Å²) >= 11 is 0. The van der Waals surface area contributed by atoms with Crippen LogP contribution in [0.25, 0.3) is 12.2 Å². The first-order valence-electron chi connectivity index (χ1n) is 13.0. The topological polar surface area (TPSA) is 114 Å². The fraction of sp³-hybridized carbons (Fsp3) is 0.242. The standard InChI is InChI=1S/C33H35NO7/c1-38-28-17-12-22(20-30(28)40-3)10-15-26(35)33(25(14-19-32(34)37)24-8-6-5-7-9-24)27(36)16-11-23-13-18-29(39-2)31(21-23)41-4/h5-13,15-18,20-21,25,33H,14,19H2,1-4H3,(H2,34,37). The fourth-order valence-corrected chi connectivity index (χ4v) is 4.54. The van der Waals surface area contributed by atoms with E-state index in [1.807, 2.05) is 30.3 Å². The van der Waals surface area contributed by atoms with Crippen molar-refractivity contribution >= 4 is 29.6 Å². The van der Waals surface area contributed by atoms with Crippen molar-refractivity contribution in [2.75, 3.05) is 28.4 Å². The van der Waals surface area contributed by atoms with E-state index in [1.165, 1.54) is 26.4 Å². The van der Waals surface area contributed by atoms with Gasteiger partial charge in [-0.2, -0.15) is 0 Å². The van der Waals surface area contributed by atoms with Gasteiger partial charge in [0.05, 0.1) is 34.4 Å². The molecule has 0 aliphatic rings. The first kappa shape index (κ1) is 30.7. The second-order valence-electron chi connectivity index (χ2n) is 9.20. The van der Waals surface area contributed by atoms with Crippen LogP contribution >= 0.6 is 0 Å². The SMILES string of the molecule is COc1ccc(C=CC(=O)C(C(=O)C=Cc2ccc(OC)c(OC)c2)C(CCC(N)=O)c2ccccc2)cc1OC. The van der Waals surface area contributed by atoms with Crippen molar-refractivity contribution in [1.82, 2.24) is 0 Å². The Bertz CT molecular complexity index is 1330. The molecule has 3 aromatic rings. The second-order valence-corrected chi connectivity index (χ2v) is 9.20. The van der Waals surface area contributed by atoms with Crippen molar-refractivity contribution in [3.63, 3.8) is 0 Å². The molecule has 214 valence electrons. The van der Waals surface area contributed by atoms with E-state index in [0.29, 0.717) is 34.1 Å². The summed E-state index contributed by atoms with van der Waals surface area (Å²) in [5.41, 5.74) is 7.61. The summed E-state index contributed by atoms with van der Waals surface area (Å²) < 4.78 is 21.3. The summed E-state index contributed by atoms with van der Waals surface area (Å²) in [7, 11) is 6.13. The van der Waals surface area contributed by atoms with Crippen LogP contribution in [0.2, 0.25) is 0 Å². The first-order chi connectivity index (χ1) is 19.8. The molecule has 0 aromatic heterocycles. The van der Waals surface area contributed by atoms with Crippen molar-refractivity contribution in [3.8, 4) is 23.0 Å². The van der Waals surface area contributed by atoms with Crippen molar-refractivity contribution in [3.05, 3.63) is 95.6 Å². The van der Waals surface area contributed by atoms with Crippen LogP contribution in [0.5, 0.6) is 23.0 Å². The highest BCUT2D eigenvalue weighted by Crippen LogP contribution is 2.33. The molecule has 0 spiro atoms. The molecule has 0 radical (unpaired) electrons. The van der Waals surface area contributed by atoms with Gasteiger partial charge in [-0.3, -0.25) is 14.4 Å². The average Bonchev–Trinajstić information content (AvgIpc) is 3.00. The smallest absolute Gasteiger partial charge is 0.217 e. The van der Waals surface area contributed by atoms with Crippen LogP contribution in [0, 0.1) is 5.92 Å². The molecule has 0 fully saturated rings. The zero-order valence-corrected chi connectivity index (χ0v) is 23.7. The van der Waals surface area contributed by atoms with Crippen LogP contribution in [0.15, 0.2) is 78.9 Å². The highest BCUT2D eigenvalue weighted by Gasteiger charge is 2.33. The third kappa shape index (κ3) is 8.32. The monoisotopic (exact) mass is 557 g/mol. The number of primary amides is 1. The Balaban J connectivity index is 2.00. The predicted octanol–water partition coefficient (Wildman–Crippen LogP) is 5.25. The highest BCUT2D eigenvalue weighted by molar-refractivity contribution is 6.14. The van der Waals surface area contributed by atoms with Crippen LogP contribution in [0.1, 0.15) is 35.4 Å². The highest BCUT2D eigenvalue weighted by atomic mass is 16.5. The molecule has 0 heterocycles. The zero-order valence-electron chi connectivity index (χ0n) is 23.7. The Labute approximate surface area is 240 Å². The Morgan fingerprint density at radius 2 is 1.15 bits per heavy atom. The van der Waals surface area contributed by atoms with Gasteiger partial charge in [0.15, 0.2) is 34.6 Å². The summed E-state index contributed by atoms with van der Waals surface area (Å²) in [4.78, 5) is 39.2. The van der Waals surface area contributed by atoms with Crippen LogP contribution in [-0.4, -0.2) is 45.9 Å². The fourth-order valence-electron chi connectivity index (χ4n) is 4.54. The molecule has 0 aliphatic heterocycles. The third-order valence-electron chi connectivity index (χ3n) is 6.64. The van der Waals surface area contributed by atoms with Gasteiger partial charge < -0.3 is 24.7 Å².